The van der Waals surface area contributed by atoms with Crippen LogP contribution in [0.4, 0.5) is 0 Å². The molecule has 0 nitrogen and oxygen atoms in total. The molecular formula is C14H22. The smallest absolute Gasteiger partial charge is 0.0273 e. The molecule has 1 rings (SSSR count). The standard InChI is InChI=1S/C14H22/c1-4-8-12(5-2)11-14-10-7-9-13(14)6-3/h6,8,11H,4-5,7,9-10H2,1-3H3/b12-8+,13-6-,14-11-. The van der Waals surface area contributed by atoms with E-state index in [4.69, 9.17) is 0 Å². The monoisotopic (exact) mass is 190 g/mol. The fraction of sp³-hybridized carbons (Fsp3) is 0.571. The van der Waals surface area contributed by atoms with Crippen molar-refractivity contribution in [1.29, 1.82) is 0 Å². The van der Waals surface area contributed by atoms with Gasteiger partial charge in [-0.25, -0.2) is 0 Å². The molecule has 0 aromatic carbocycles. The van der Waals surface area contributed by atoms with E-state index in [1.807, 2.05) is 0 Å². The third kappa shape index (κ3) is 2.87. The van der Waals surface area contributed by atoms with E-state index < -0.39 is 0 Å². The highest BCUT2D eigenvalue weighted by atomic mass is 14.2. The molecule has 1 aliphatic rings. The zero-order chi connectivity index (χ0) is 10.4. The normalized spacial score (nSPS) is 23.8. The van der Waals surface area contributed by atoms with Crippen LogP contribution in [0.25, 0.3) is 0 Å². The van der Waals surface area contributed by atoms with Crippen molar-refractivity contribution >= 4 is 0 Å². The van der Waals surface area contributed by atoms with Crippen molar-refractivity contribution < 1.29 is 0 Å². The van der Waals surface area contributed by atoms with Gasteiger partial charge < -0.3 is 0 Å². The third-order valence-electron chi connectivity index (χ3n) is 2.89. The summed E-state index contributed by atoms with van der Waals surface area (Å²) in [4.78, 5) is 0. The predicted octanol–water partition coefficient (Wildman–Crippen LogP) is 4.79. The van der Waals surface area contributed by atoms with E-state index in [0.717, 1.165) is 12.8 Å². The van der Waals surface area contributed by atoms with Gasteiger partial charge in [0.15, 0.2) is 0 Å². The molecule has 1 fully saturated rings. The Kier molecular flexibility index (Phi) is 4.72. The maximum absolute atomic E-state index is 2.41. The van der Waals surface area contributed by atoms with Crippen LogP contribution in [0.3, 0.4) is 0 Å². The molecule has 78 valence electrons. The van der Waals surface area contributed by atoms with Crippen LogP contribution in [0.15, 0.2) is 34.9 Å². The van der Waals surface area contributed by atoms with Crippen molar-refractivity contribution in [3.05, 3.63) is 34.9 Å². The van der Waals surface area contributed by atoms with E-state index in [1.165, 1.54) is 24.8 Å². The molecular weight excluding hydrogens is 168 g/mol. The van der Waals surface area contributed by atoms with Crippen molar-refractivity contribution in [2.24, 2.45) is 0 Å². The molecule has 0 amide bonds. The molecule has 1 aliphatic carbocycles. The lowest BCUT2D eigenvalue weighted by Crippen LogP contribution is -1.82. The second-order valence-electron chi connectivity index (χ2n) is 3.88. The molecule has 0 atom stereocenters. The van der Waals surface area contributed by atoms with Gasteiger partial charge in [0, 0.05) is 0 Å². The first-order chi connectivity index (χ1) is 6.81. The summed E-state index contributed by atoms with van der Waals surface area (Å²) in [6.45, 7) is 6.60. The van der Waals surface area contributed by atoms with Gasteiger partial charge in [0.25, 0.3) is 0 Å². The van der Waals surface area contributed by atoms with Crippen LogP contribution in [-0.2, 0) is 0 Å². The van der Waals surface area contributed by atoms with Crippen LogP contribution in [0.2, 0.25) is 0 Å². The summed E-state index contributed by atoms with van der Waals surface area (Å²) in [5.74, 6) is 0. The summed E-state index contributed by atoms with van der Waals surface area (Å²) in [5, 5.41) is 0. The van der Waals surface area contributed by atoms with Crippen LogP contribution in [0.5, 0.6) is 0 Å². The van der Waals surface area contributed by atoms with Crippen LogP contribution >= 0.6 is 0 Å². The molecule has 0 spiro atoms. The maximum Gasteiger partial charge on any atom is -0.0273 e. The van der Waals surface area contributed by atoms with Crippen molar-refractivity contribution in [3.63, 3.8) is 0 Å². The molecule has 0 aromatic heterocycles. The van der Waals surface area contributed by atoms with Crippen molar-refractivity contribution in [3.8, 4) is 0 Å². The van der Waals surface area contributed by atoms with Crippen molar-refractivity contribution in [1.82, 2.24) is 0 Å². The molecule has 0 aliphatic heterocycles. The number of hydrogen-bond acceptors (Lipinski definition) is 0. The van der Waals surface area contributed by atoms with E-state index in [0.29, 0.717) is 0 Å². The molecule has 0 heteroatoms. The topological polar surface area (TPSA) is 0 Å². The van der Waals surface area contributed by atoms with E-state index in [-0.39, 0.29) is 0 Å². The molecule has 14 heavy (non-hydrogen) atoms. The molecule has 0 aromatic rings. The highest BCUT2D eigenvalue weighted by molar-refractivity contribution is 5.39. The zero-order valence-electron chi connectivity index (χ0n) is 9.77. The fourth-order valence-corrected chi connectivity index (χ4v) is 2.08. The van der Waals surface area contributed by atoms with E-state index >= 15 is 0 Å². The minimum Gasteiger partial charge on any atom is -0.0842 e. The number of hydrogen-bond donors (Lipinski definition) is 0. The first kappa shape index (κ1) is 11.3. The lowest BCUT2D eigenvalue weighted by Gasteiger charge is -2.02. The Hall–Kier alpha value is -0.780. The van der Waals surface area contributed by atoms with Crippen LogP contribution in [0.1, 0.15) is 52.9 Å². The first-order valence-corrected chi connectivity index (χ1v) is 5.87. The second-order valence-corrected chi connectivity index (χ2v) is 3.88. The maximum atomic E-state index is 2.41. The summed E-state index contributed by atoms with van der Waals surface area (Å²) in [5.41, 5.74) is 4.65. The van der Waals surface area contributed by atoms with E-state index in [1.54, 1.807) is 11.1 Å². The molecule has 1 saturated carbocycles. The largest absolute Gasteiger partial charge is 0.0842 e. The van der Waals surface area contributed by atoms with Gasteiger partial charge in [-0.15, -0.1) is 0 Å². The molecule has 0 bridgehead atoms. The Bertz CT molecular complexity index is 264. The molecule has 0 heterocycles. The van der Waals surface area contributed by atoms with Crippen molar-refractivity contribution in [2.75, 3.05) is 0 Å². The van der Waals surface area contributed by atoms with Gasteiger partial charge in [-0.2, -0.15) is 0 Å². The SMILES string of the molecule is C/C=C1/CCC/C1=C/C(=C/CC)CC. The Morgan fingerprint density at radius 1 is 1.21 bits per heavy atom. The minimum atomic E-state index is 1.15. The number of rotatable bonds is 3. The van der Waals surface area contributed by atoms with Gasteiger partial charge in [-0.05, 0) is 50.2 Å². The third-order valence-corrected chi connectivity index (χ3v) is 2.89. The lowest BCUT2D eigenvalue weighted by atomic mass is 10.0. The molecule has 0 N–H and O–H groups in total. The van der Waals surface area contributed by atoms with Gasteiger partial charge in [0.05, 0.1) is 0 Å². The average molecular weight is 190 g/mol. The molecule has 0 saturated heterocycles. The average Bonchev–Trinajstić information content (AvgIpc) is 2.64. The number of allylic oxidation sites excluding steroid dienone is 6. The summed E-state index contributed by atoms with van der Waals surface area (Å²) in [6, 6.07) is 0. The van der Waals surface area contributed by atoms with Crippen molar-refractivity contribution in [2.45, 2.75) is 52.9 Å². The Morgan fingerprint density at radius 2 is 1.93 bits per heavy atom. The van der Waals surface area contributed by atoms with Gasteiger partial charge in [0.2, 0.25) is 0 Å². The molecule has 0 radical (unpaired) electrons. The minimum absolute atomic E-state index is 1.15. The van der Waals surface area contributed by atoms with Gasteiger partial charge in [-0.1, -0.05) is 37.6 Å². The summed E-state index contributed by atoms with van der Waals surface area (Å²) in [7, 11) is 0. The summed E-state index contributed by atoms with van der Waals surface area (Å²) >= 11 is 0. The fourth-order valence-electron chi connectivity index (χ4n) is 2.08. The van der Waals surface area contributed by atoms with Gasteiger partial charge in [0.1, 0.15) is 0 Å². The Balaban J connectivity index is 2.80. The van der Waals surface area contributed by atoms with Gasteiger partial charge in [-0.3, -0.25) is 0 Å². The zero-order valence-corrected chi connectivity index (χ0v) is 9.77. The van der Waals surface area contributed by atoms with Crippen LogP contribution in [0, 0.1) is 0 Å². The van der Waals surface area contributed by atoms with E-state index in [9.17, 15) is 0 Å². The summed E-state index contributed by atoms with van der Waals surface area (Å²) in [6.07, 6.45) is 13.2. The Morgan fingerprint density at radius 3 is 2.50 bits per heavy atom. The van der Waals surface area contributed by atoms with E-state index in [2.05, 4.69) is 39.0 Å². The predicted molar refractivity (Wildman–Crippen MR) is 64.4 cm³/mol. The summed E-state index contributed by atoms with van der Waals surface area (Å²) < 4.78 is 0. The van der Waals surface area contributed by atoms with Crippen LogP contribution in [-0.4, -0.2) is 0 Å². The van der Waals surface area contributed by atoms with Gasteiger partial charge >= 0.3 is 0 Å². The van der Waals surface area contributed by atoms with Crippen LogP contribution < -0.4 is 0 Å². The Labute approximate surface area is 88.4 Å². The lowest BCUT2D eigenvalue weighted by molar-refractivity contribution is 0.930. The quantitative estimate of drug-likeness (QED) is 0.600. The highest BCUT2D eigenvalue weighted by Gasteiger charge is 2.12. The first-order valence-electron chi connectivity index (χ1n) is 5.87. The highest BCUT2D eigenvalue weighted by Crippen LogP contribution is 2.31. The molecule has 0 unspecified atom stereocenters. The second kappa shape index (κ2) is 5.85.